The molecule has 2 fully saturated rings. The summed E-state index contributed by atoms with van der Waals surface area (Å²) in [7, 11) is 1.62. The van der Waals surface area contributed by atoms with Crippen LogP contribution in [-0.2, 0) is 0 Å². The monoisotopic (exact) mass is 328 g/mol. The summed E-state index contributed by atoms with van der Waals surface area (Å²) in [6, 6.07) is 0.399. The van der Waals surface area contributed by atoms with E-state index in [0.717, 1.165) is 48.8 Å². The molecule has 7 nitrogen and oxygen atoms in total. The first-order chi connectivity index (χ1) is 11.9. The Morgan fingerprint density at radius 1 is 0.750 bits per heavy atom. The lowest BCUT2D eigenvalue weighted by atomic mass is 10.1. The lowest BCUT2D eigenvalue weighted by molar-refractivity contribution is 0.381. The average molecular weight is 328 g/mol. The van der Waals surface area contributed by atoms with Gasteiger partial charge in [0.05, 0.1) is 7.11 Å². The number of fused-ring (bicyclic) bond motifs is 1. The second-order valence-corrected chi connectivity index (χ2v) is 6.52. The number of methoxy groups -OCH3 is 1. The van der Waals surface area contributed by atoms with Gasteiger partial charge >= 0.3 is 6.01 Å². The molecule has 24 heavy (non-hydrogen) atoms. The summed E-state index contributed by atoms with van der Waals surface area (Å²) in [6.45, 7) is 4.07. The van der Waals surface area contributed by atoms with Crippen molar-refractivity contribution in [1.82, 2.24) is 19.9 Å². The Morgan fingerprint density at radius 3 is 2.00 bits per heavy atom. The first-order valence-electron chi connectivity index (χ1n) is 8.93. The quantitative estimate of drug-likeness (QED) is 0.857. The van der Waals surface area contributed by atoms with E-state index in [0.29, 0.717) is 6.01 Å². The fourth-order valence-corrected chi connectivity index (χ4v) is 3.65. The minimum Gasteiger partial charge on any atom is -0.467 e. The fourth-order valence-electron chi connectivity index (χ4n) is 3.65. The second-order valence-electron chi connectivity index (χ2n) is 6.52. The van der Waals surface area contributed by atoms with E-state index in [1.165, 1.54) is 38.5 Å². The van der Waals surface area contributed by atoms with Crippen molar-refractivity contribution in [2.45, 2.75) is 38.5 Å². The van der Waals surface area contributed by atoms with Gasteiger partial charge in [-0.25, -0.2) is 9.97 Å². The van der Waals surface area contributed by atoms with Crippen molar-refractivity contribution < 1.29 is 4.74 Å². The minimum atomic E-state index is 0.399. The highest BCUT2D eigenvalue weighted by Gasteiger charge is 2.23. The summed E-state index contributed by atoms with van der Waals surface area (Å²) >= 11 is 0. The van der Waals surface area contributed by atoms with Crippen molar-refractivity contribution in [2.75, 3.05) is 43.1 Å². The maximum absolute atomic E-state index is 5.37. The van der Waals surface area contributed by atoms with Gasteiger partial charge < -0.3 is 14.5 Å². The molecule has 0 atom stereocenters. The number of rotatable bonds is 3. The van der Waals surface area contributed by atoms with Crippen LogP contribution in [-0.4, -0.2) is 53.2 Å². The molecule has 2 aliphatic heterocycles. The first-order valence-corrected chi connectivity index (χ1v) is 8.93. The van der Waals surface area contributed by atoms with E-state index in [-0.39, 0.29) is 0 Å². The zero-order valence-electron chi connectivity index (χ0n) is 14.2. The number of hydrogen-bond donors (Lipinski definition) is 0. The SMILES string of the molecule is COc1nc(N2CCCCC2)c2ncnc(N3CCCCC3)c2n1. The molecule has 0 bridgehead atoms. The molecule has 0 radical (unpaired) electrons. The molecule has 0 amide bonds. The maximum atomic E-state index is 5.37. The number of aromatic nitrogens is 4. The summed E-state index contributed by atoms with van der Waals surface area (Å²) in [5, 5.41) is 0. The highest BCUT2D eigenvalue weighted by atomic mass is 16.5. The number of anilines is 2. The van der Waals surface area contributed by atoms with Crippen LogP contribution in [0.2, 0.25) is 0 Å². The Kier molecular flexibility index (Phi) is 4.32. The molecule has 0 N–H and O–H groups in total. The molecule has 128 valence electrons. The van der Waals surface area contributed by atoms with Gasteiger partial charge in [-0.15, -0.1) is 0 Å². The van der Waals surface area contributed by atoms with Crippen molar-refractivity contribution in [3.05, 3.63) is 6.33 Å². The van der Waals surface area contributed by atoms with Crippen LogP contribution in [0.1, 0.15) is 38.5 Å². The molecule has 2 aromatic heterocycles. The topological polar surface area (TPSA) is 67.3 Å². The standard InChI is InChI=1S/C17H24N6O/c1-24-17-20-14-13(16(21-17)23-10-6-3-7-11-23)18-12-19-15(14)22-8-4-2-5-9-22/h12H,2-11H2,1H3. The van der Waals surface area contributed by atoms with Gasteiger partial charge in [0, 0.05) is 26.2 Å². The molecule has 4 heterocycles. The summed E-state index contributed by atoms with van der Waals surface area (Å²) in [4.78, 5) is 22.9. The van der Waals surface area contributed by atoms with Crippen LogP contribution in [0.4, 0.5) is 11.6 Å². The van der Waals surface area contributed by atoms with Crippen LogP contribution in [0, 0.1) is 0 Å². The lowest BCUT2D eigenvalue weighted by Crippen LogP contribution is -2.32. The number of ether oxygens (including phenoxy) is 1. The van der Waals surface area contributed by atoms with Crippen molar-refractivity contribution in [3.63, 3.8) is 0 Å². The summed E-state index contributed by atoms with van der Waals surface area (Å²) < 4.78 is 5.37. The highest BCUT2D eigenvalue weighted by molar-refractivity contribution is 5.93. The highest BCUT2D eigenvalue weighted by Crippen LogP contribution is 2.31. The number of piperidine rings is 2. The van der Waals surface area contributed by atoms with E-state index in [1.807, 2.05) is 0 Å². The van der Waals surface area contributed by atoms with Gasteiger partial charge in [-0.3, -0.25) is 0 Å². The van der Waals surface area contributed by atoms with Gasteiger partial charge in [-0.1, -0.05) is 0 Å². The molecule has 4 rings (SSSR count). The van der Waals surface area contributed by atoms with Gasteiger partial charge in [-0.2, -0.15) is 9.97 Å². The summed E-state index contributed by atoms with van der Waals surface area (Å²) in [5.74, 6) is 1.80. The Morgan fingerprint density at radius 2 is 1.38 bits per heavy atom. The predicted octanol–water partition coefficient (Wildman–Crippen LogP) is 2.41. The third kappa shape index (κ3) is 2.83. The van der Waals surface area contributed by atoms with E-state index in [4.69, 9.17) is 4.74 Å². The lowest BCUT2D eigenvalue weighted by Gasteiger charge is -2.30. The normalized spacial score (nSPS) is 18.9. The van der Waals surface area contributed by atoms with Crippen molar-refractivity contribution >= 4 is 22.7 Å². The smallest absolute Gasteiger partial charge is 0.318 e. The Balaban J connectivity index is 1.83. The predicted molar refractivity (Wildman–Crippen MR) is 93.8 cm³/mol. The summed E-state index contributed by atoms with van der Waals surface area (Å²) in [5.41, 5.74) is 1.65. The van der Waals surface area contributed by atoms with Crippen molar-refractivity contribution in [3.8, 4) is 6.01 Å². The van der Waals surface area contributed by atoms with Crippen LogP contribution in [0.3, 0.4) is 0 Å². The zero-order chi connectivity index (χ0) is 16.4. The van der Waals surface area contributed by atoms with Crippen molar-refractivity contribution in [1.29, 1.82) is 0 Å². The number of nitrogens with zero attached hydrogens (tertiary/aromatic N) is 6. The van der Waals surface area contributed by atoms with Crippen molar-refractivity contribution in [2.24, 2.45) is 0 Å². The van der Waals surface area contributed by atoms with Crippen LogP contribution in [0.15, 0.2) is 6.33 Å². The van der Waals surface area contributed by atoms with E-state index in [1.54, 1.807) is 13.4 Å². The second kappa shape index (κ2) is 6.75. The number of hydrogen-bond acceptors (Lipinski definition) is 7. The third-order valence-corrected chi connectivity index (χ3v) is 4.92. The van der Waals surface area contributed by atoms with Gasteiger partial charge in [0.25, 0.3) is 0 Å². The van der Waals surface area contributed by atoms with Crippen LogP contribution in [0.5, 0.6) is 6.01 Å². The molecular formula is C17H24N6O. The Bertz CT molecular complexity index is 710. The molecule has 0 saturated carbocycles. The van der Waals surface area contributed by atoms with Gasteiger partial charge in [0.15, 0.2) is 11.6 Å². The van der Waals surface area contributed by atoms with Gasteiger partial charge in [-0.05, 0) is 38.5 Å². The Hall–Kier alpha value is -2.18. The van der Waals surface area contributed by atoms with Crippen LogP contribution < -0.4 is 14.5 Å². The molecule has 0 unspecified atom stereocenters. The molecular weight excluding hydrogens is 304 g/mol. The first kappa shape index (κ1) is 15.4. The van der Waals surface area contributed by atoms with E-state index < -0.39 is 0 Å². The van der Waals surface area contributed by atoms with Gasteiger partial charge in [0.2, 0.25) is 0 Å². The maximum Gasteiger partial charge on any atom is 0.318 e. The largest absolute Gasteiger partial charge is 0.467 e. The van der Waals surface area contributed by atoms with E-state index in [9.17, 15) is 0 Å². The molecule has 2 aliphatic rings. The Labute approximate surface area is 142 Å². The minimum absolute atomic E-state index is 0.399. The molecule has 2 saturated heterocycles. The van der Waals surface area contributed by atoms with Gasteiger partial charge in [0.1, 0.15) is 17.4 Å². The molecule has 7 heteroatoms. The molecule has 2 aromatic rings. The van der Waals surface area contributed by atoms with E-state index in [2.05, 4.69) is 29.7 Å². The molecule has 0 aliphatic carbocycles. The van der Waals surface area contributed by atoms with Crippen LogP contribution >= 0.6 is 0 Å². The van der Waals surface area contributed by atoms with Crippen LogP contribution in [0.25, 0.3) is 11.0 Å². The van der Waals surface area contributed by atoms with E-state index >= 15 is 0 Å². The summed E-state index contributed by atoms with van der Waals surface area (Å²) in [6.07, 6.45) is 9.01. The average Bonchev–Trinajstić information content (AvgIpc) is 2.68. The third-order valence-electron chi connectivity index (χ3n) is 4.92. The fraction of sp³-hybridized carbons (Fsp3) is 0.647. The zero-order valence-corrected chi connectivity index (χ0v) is 14.2. The molecule has 0 aromatic carbocycles. The molecule has 0 spiro atoms.